The van der Waals surface area contributed by atoms with E-state index in [0.29, 0.717) is 17.0 Å². The van der Waals surface area contributed by atoms with Crippen LogP contribution in [0.5, 0.6) is 0 Å². The van der Waals surface area contributed by atoms with Crippen LogP contribution in [0, 0.1) is 12.8 Å². The summed E-state index contributed by atoms with van der Waals surface area (Å²) in [5.74, 6) is 0.460. The van der Waals surface area contributed by atoms with E-state index in [2.05, 4.69) is 34.3 Å². The van der Waals surface area contributed by atoms with E-state index in [1.807, 2.05) is 31.2 Å². The number of aryl methyl sites for hydroxylation is 1. The normalized spacial score (nSPS) is 14.8. The first-order chi connectivity index (χ1) is 15.5. The molecule has 0 bridgehead atoms. The smallest absolute Gasteiger partial charge is 0.268 e. The SMILES string of the molecule is Cc1ccnc(-c2ccc(C=O)c(C(=O)N(C)N3CCC(Cc4ccccc4)CC3)c2)c1. The Balaban J connectivity index is 1.46. The first kappa shape index (κ1) is 21.9. The largest absolute Gasteiger partial charge is 0.298 e. The predicted octanol–water partition coefficient (Wildman–Crippen LogP) is 4.81. The number of hydrazine groups is 1. The average Bonchev–Trinajstić information content (AvgIpc) is 2.84. The summed E-state index contributed by atoms with van der Waals surface area (Å²) in [4.78, 5) is 29.4. The summed E-state index contributed by atoms with van der Waals surface area (Å²) in [6, 6.07) is 19.8. The molecule has 1 aromatic heterocycles. The maximum atomic E-state index is 13.4. The molecular weight excluding hydrogens is 398 g/mol. The topological polar surface area (TPSA) is 53.5 Å². The number of rotatable bonds is 6. The van der Waals surface area contributed by atoms with Gasteiger partial charge in [0.15, 0.2) is 6.29 Å². The molecular formula is C27H29N3O2. The Morgan fingerprint density at radius 2 is 1.84 bits per heavy atom. The fourth-order valence-corrected chi connectivity index (χ4v) is 4.37. The van der Waals surface area contributed by atoms with Gasteiger partial charge in [0.25, 0.3) is 5.91 Å². The molecule has 0 atom stereocenters. The molecule has 1 saturated heterocycles. The molecule has 164 valence electrons. The van der Waals surface area contributed by atoms with E-state index in [1.54, 1.807) is 30.4 Å². The zero-order valence-electron chi connectivity index (χ0n) is 18.7. The quantitative estimate of drug-likeness (QED) is 0.530. The third-order valence-electron chi connectivity index (χ3n) is 6.30. The molecule has 1 fully saturated rings. The number of aldehydes is 1. The van der Waals surface area contributed by atoms with Crippen molar-refractivity contribution in [3.05, 3.63) is 89.1 Å². The molecule has 0 saturated carbocycles. The number of hydrogen-bond donors (Lipinski definition) is 0. The molecule has 5 nitrogen and oxygen atoms in total. The van der Waals surface area contributed by atoms with Crippen LogP contribution in [0.15, 0.2) is 66.9 Å². The second kappa shape index (κ2) is 9.88. The highest BCUT2D eigenvalue weighted by Crippen LogP contribution is 2.25. The number of carbonyl (C=O) groups is 2. The second-order valence-electron chi connectivity index (χ2n) is 8.55. The Hall–Kier alpha value is -3.31. The highest BCUT2D eigenvalue weighted by atomic mass is 16.2. The summed E-state index contributed by atoms with van der Waals surface area (Å²) in [6.07, 6.45) is 5.67. The lowest BCUT2D eigenvalue weighted by molar-refractivity contribution is -0.0140. The zero-order chi connectivity index (χ0) is 22.5. The van der Waals surface area contributed by atoms with Gasteiger partial charge in [-0.05, 0) is 61.4 Å². The summed E-state index contributed by atoms with van der Waals surface area (Å²) in [6.45, 7) is 3.66. The Bertz CT molecular complexity index is 1090. The number of hydrogen-bond acceptors (Lipinski definition) is 4. The molecule has 32 heavy (non-hydrogen) atoms. The van der Waals surface area contributed by atoms with E-state index in [-0.39, 0.29) is 5.91 Å². The van der Waals surface area contributed by atoms with Crippen LogP contribution < -0.4 is 0 Å². The number of benzene rings is 2. The van der Waals surface area contributed by atoms with Crippen molar-refractivity contribution < 1.29 is 9.59 Å². The molecule has 0 aliphatic carbocycles. The van der Waals surface area contributed by atoms with Crippen LogP contribution in [0.2, 0.25) is 0 Å². The lowest BCUT2D eigenvalue weighted by Crippen LogP contribution is -2.48. The number of pyridine rings is 1. The molecule has 1 amide bonds. The van der Waals surface area contributed by atoms with Gasteiger partial charge < -0.3 is 0 Å². The summed E-state index contributed by atoms with van der Waals surface area (Å²) in [5, 5.41) is 3.77. The van der Waals surface area contributed by atoms with Crippen molar-refractivity contribution in [3.63, 3.8) is 0 Å². The van der Waals surface area contributed by atoms with Crippen molar-refractivity contribution in [1.82, 2.24) is 15.0 Å². The monoisotopic (exact) mass is 427 g/mol. The van der Waals surface area contributed by atoms with Crippen molar-refractivity contribution in [2.24, 2.45) is 5.92 Å². The average molecular weight is 428 g/mol. The Labute approximate surface area is 189 Å². The molecule has 1 aliphatic heterocycles. The predicted molar refractivity (Wildman–Crippen MR) is 126 cm³/mol. The fraction of sp³-hybridized carbons (Fsp3) is 0.296. The van der Waals surface area contributed by atoms with Crippen LogP contribution >= 0.6 is 0 Å². The van der Waals surface area contributed by atoms with E-state index >= 15 is 0 Å². The first-order valence-corrected chi connectivity index (χ1v) is 11.1. The molecule has 5 heteroatoms. The summed E-state index contributed by atoms with van der Waals surface area (Å²) in [5.41, 5.74) is 4.90. The molecule has 0 N–H and O–H groups in total. The fourth-order valence-electron chi connectivity index (χ4n) is 4.37. The minimum atomic E-state index is -0.164. The second-order valence-corrected chi connectivity index (χ2v) is 8.55. The number of piperidine rings is 1. The standard InChI is InChI=1S/C27H29N3O2/c1-20-10-13-28-26(16-20)23-8-9-24(19-31)25(18-23)27(32)29(2)30-14-11-22(12-15-30)17-21-6-4-3-5-7-21/h3-10,13,16,18-19,22H,11-12,14-15,17H2,1-2H3. The lowest BCUT2D eigenvalue weighted by Gasteiger charge is -2.38. The molecule has 0 unspecified atom stereocenters. The van der Waals surface area contributed by atoms with E-state index in [0.717, 1.165) is 55.5 Å². The zero-order valence-corrected chi connectivity index (χ0v) is 18.7. The third-order valence-corrected chi connectivity index (χ3v) is 6.30. The van der Waals surface area contributed by atoms with Crippen LogP contribution in [0.25, 0.3) is 11.3 Å². The van der Waals surface area contributed by atoms with Gasteiger partial charge in [0, 0.05) is 37.5 Å². The number of aromatic nitrogens is 1. The molecule has 3 aromatic rings. The molecule has 0 radical (unpaired) electrons. The minimum Gasteiger partial charge on any atom is -0.298 e. The van der Waals surface area contributed by atoms with Crippen molar-refractivity contribution in [2.75, 3.05) is 20.1 Å². The Morgan fingerprint density at radius 1 is 1.09 bits per heavy atom. The van der Waals surface area contributed by atoms with Gasteiger partial charge in [-0.15, -0.1) is 0 Å². The molecule has 0 spiro atoms. The lowest BCUT2D eigenvalue weighted by atomic mass is 9.91. The molecule has 1 aliphatic rings. The van der Waals surface area contributed by atoms with Crippen molar-refractivity contribution in [1.29, 1.82) is 0 Å². The maximum Gasteiger partial charge on any atom is 0.268 e. The third kappa shape index (κ3) is 4.94. The van der Waals surface area contributed by atoms with Gasteiger partial charge >= 0.3 is 0 Å². The van der Waals surface area contributed by atoms with Crippen LogP contribution in [0.1, 0.15) is 44.7 Å². The van der Waals surface area contributed by atoms with Crippen LogP contribution in [0.3, 0.4) is 0 Å². The van der Waals surface area contributed by atoms with Gasteiger partial charge in [-0.1, -0.05) is 42.5 Å². The van der Waals surface area contributed by atoms with Gasteiger partial charge in [0.2, 0.25) is 0 Å². The highest BCUT2D eigenvalue weighted by Gasteiger charge is 2.26. The summed E-state index contributed by atoms with van der Waals surface area (Å²) >= 11 is 0. The minimum absolute atomic E-state index is 0.164. The Kier molecular flexibility index (Phi) is 6.76. The Morgan fingerprint density at radius 3 is 2.53 bits per heavy atom. The van der Waals surface area contributed by atoms with Crippen molar-refractivity contribution in [3.8, 4) is 11.3 Å². The van der Waals surface area contributed by atoms with E-state index in [1.165, 1.54) is 5.56 Å². The van der Waals surface area contributed by atoms with Crippen molar-refractivity contribution in [2.45, 2.75) is 26.2 Å². The molecule has 2 heterocycles. The van der Waals surface area contributed by atoms with Gasteiger partial charge in [0.05, 0.1) is 11.3 Å². The van der Waals surface area contributed by atoms with Crippen LogP contribution in [-0.4, -0.2) is 47.3 Å². The van der Waals surface area contributed by atoms with Crippen LogP contribution in [0.4, 0.5) is 0 Å². The van der Waals surface area contributed by atoms with Gasteiger partial charge in [0.1, 0.15) is 0 Å². The molecule has 2 aromatic carbocycles. The highest BCUT2D eigenvalue weighted by molar-refractivity contribution is 6.02. The summed E-state index contributed by atoms with van der Waals surface area (Å²) < 4.78 is 0. The van der Waals surface area contributed by atoms with Gasteiger partial charge in [-0.2, -0.15) is 0 Å². The number of amides is 1. The maximum absolute atomic E-state index is 13.4. The van der Waals surface area contributed by atoms with E-state index < -0.39 is 0 Å². The first-order valence-electron chi connectivity index (χ1n) is 11.1. The van der Waals surface area contributed by atoms with Gasteiger partial charge in [-0.3, -0.25) is 19.6 Å². The molecule has 4 rings (SSSR count). The number of carbonyl (C=O) groups excluding carboxylic acids is 2. The van der Waals surface area contributed by atoms with Crippen molar-refractivity contribution >= 4 is 12.2 Å². The van der Waals surface area contributed by atoms with Crippen LogP contribution in [-0.2, 0) is 6.42 Å². The van der Waals surface area contributed by atoms with E-state index in [4.69, 9.17) is 0 Å². The summed E-state index contributed by atoms with van der Waals surface area (Å²) in [7, 11) is 1.80. The van der Waals surface area contributed by atoms with E-state index in [9.17, 15) is 9.59 Å². The van der Waals surface area contributed by atoms with Gasteiger partial charge in [-0.25, -0.2) is 5.01 Å². The number of nitrogens with zero attached hydrogens (tertiary/aromatic N) is 3.